The number of ether oxygens (including phenoxy) is 1. The summed E-state index contributed by atoms with van der Waals surface area (Å²) in [6.07, 6.45) is 8.20. The maximum atomic E-state index is 13.1. The van der Waals surface area contributed by atoms with Gasteiger partial charge in [0.1, 0.15) is 12.4 Å². The molecule has 2 saturated carbocycles. The van der Waals surface area contributed by atoms with E-state index in [4.69, 9.17) is 16.3 Å². The van der Waals surface area contributed by atoms with Gasteiger partial charge in [-0.1, -0.05) is 42.0 Å². The molecule has 168 valence electrons. The molecule has 0 radical (unpaired) electrons. The van der Waals surface area contributed by atoms with Gasteiger partial charge in [-0.2, -0.15) is 10.1 Å². The average molecular weight is 685 g/mol. The first-order valence-electron chi connectivity index (χ1n) is 10.9. The molecule has 33 heavy (non-hydrogen) atoms. The quantitative estimate of drug-likeness (QED) is 0.177. The Balaban J connectivity index is 1.19. The van der Waals surface area contributed by atoms with Crippen LogP contribution in [-0.2, 0) is 16.2 Å². The number of carbonyl (C=O) groups excluding carboxylic acids is 2. The summed E-state index contributed by atoms with van der Waals surface area (Å²) in [5, 5.41) is 6.12. The van der Waals surface area contributed by atoms with Gasteiger partial charge >= 0.3 is 0 Å². The summed E-state index contributed by atoms with van der Waals surface area (Å²) in [5.74, 6) is 0.442. The molecule has 2 aromatic carbocycles. The van der Waals surface area contributed by atoms with Crippen molar-refractivity contribution >= 4 is 74.8 Å². The number of carbonyl (C=O) groups is 2. The van der Waals surface area contributed by atoms with Crippen molar-refractivity contribution in [3.63, 3.8) is 0 Å². The Morgan fingerprint density at radius 3 is 2.24 bits per heavy atom. The van der Waals surface area contributed by atoms with E-state index in [9.17, 15) is 9.59 Å². The lowest BCUT2D eigenvalue weighted by atomic mass is 9.85. The fraction of sp³-hybridized carbons (Fsp3) is 0.320. The lowest BCUT2D eigenvalue weighted by Crippen LogP contribution is -2.30. The first-order valence-corrected chi connectivity index (χ1v) is 13.4. The van der Waals surface area contributed by atoms with Crippen molar-refractivity contribution < 1.29 is 14.3 Å². The summed E-state index contributed by atoms with van der Waals surface area (Å²) in [7, 11) is 0. The highest BCUT2D eigenvalue weighted by Crippen LogP contribution is 2.73. The molecule has 4 aliphatic rings. The molecular formula is C25H19ClI2N2O3. The van der Waals surface area contributed by atoms with Crippen molar-refractivity contribution in [3.05, 3.63) is 71.8 Å². The van der Waals surface area contributed by atoms with Gasteiger partial charge in [-0.15, -0.1) is 0 Å². The second-order valence-corrected chi connectivity index (χ2v) is 11.9. The average Bonchev–Trinajstić information content (AvgIpc) is 3.38. The Kier molecular flexibility index (Phi) is 5.37. The van der Waals surface area contributed by atoms with Gasteiger partial charge < -0.3 is 4.74 Å². The zero-order valence-corrected chi connectivity index (χ0v) is 22.5. The largest absolute Gasteiger partial charge is 0.487 e. The molecule has 6 rings (SSSR count). The van der Waals surface area contributed by atoms with Crippen LogP contribution in [0.4, 0.5) is 0 Å². The fourth-order valence-electron chi connectivity index (χ4n) is 5.86. The van der Waals surface area contributed by atoms with Crippen molar-refractivity contribution in [1.29, 1.82) is 0 Å². The highest BCUT2D eigenvalue weighted by Gasteiger charge is 2.73. The maximum Gasteiger partial charge on any atom is 0.254 e. The van der Waals surface area contributed by atoms with Crippen molar-refractivity contribution in [2.45, 2.75) is 19.4 Å². The molecule has 4 atom stereocenters. The summed E-state index contributed by atoms with van der Waals surface area (Å²) in [4.78, 5) is 26.2. The van der Waals surface area contributed by atoms with Crippen LogP contribution in [0.1, 0.15) is 24.0 Å². The molecule has 0 aromatic heterocycles. The molecule has 3 fully saturated rings. The molecule has 0 N–H and O–H groups in total. The smallest absolute Gasteiger partial charge is 0.254 e. The summed E-state index contributed by atoms with van der Waals surface area (Å²) >= 11 is 10.7. The van der Waals surface area contributed by atoms with Gasteiger partial charge in [-0.25, -0.2) is 0 Å². The van der Waals surface area contributed by atoms with Gasteiger partial charge in [0, 0.05) is 10.6 Å². The summed E-state index contributed by atoms with van der Waals surface area (Å²) < 4.78 is 7.87. The number of nitrogens with zero attached hydrogens (tertiary/aromatic N) is 2. The predicted octanol–water partition coefficient (Wildman–Crippen LogP) is 5.66. The highest BCUT2D eigenvalue weighted by atomic mass is 127. The van der Waals surface area contributed by atoms with E-state index in [2.05, 4.69) is 62.4 Å². The van der Waals surface area contributed by atoms with E-state index >= 15 is 0 Å². The van der Waals surface area contributed by atoms with Crippen molar-refractivity contribution in [2.75, 3.05) is 0 Å². The molecule has 1 spiro atoms. The van der Waals surface area contributed by atoms with E-state index < -0.39 is 0 Å². The van der Waals surface area contributed by atoms with Gasteiger partial charge in [-0.3, -0.25) is 9.59 Å². The second kappa shape index (κ2) is 8.05. The SMILES string of the molecule is O=C1[C@H]2[C@H](C(=O)N1/N=C\c1cc(I)c(OCc3ccccc3Cl)c(I)c1)[C@H]1C=C[C@H]2C12CC2. The number of allylic oxidation sites excluding steroid dienone is 2. The van der Waals surface area contributed by atoms with Crippen molar-refractivity contribution in [3.8, 4) is 5.75 Å². The first kappa shape index (κ1) is 22.0. The molecule has 1 saturated heterocycles. The number of amides is 2. The lowest BCUT2D eigenvalue weighted by Gasteiger charge is -2.18. The number of halogens is 3. The third kappa shape index (κ3) is 3.40. The van der Waals surface area contributed by atoms with Gasteiger partial charge in [0.05, 0.1) is 25.2 Å². The molecule has 2 bridgehead atoms. The molecular weight excluding hydrogens is 666 g/mol. The third-order valence-electron chi connectivity index (χ3n) is 7.50. The molecule has 8 heteroatoms. The zero-order chi connectivity index (χ0) is 22.9. The van der Waals surface area contributed by atoms with Crippen molar-refractivity contribution in [2.24, 2.45) is 34.2 Å². The van der Waals surface area contributed by atoms with Crippen LogP contribution < -0.4 is 4.74 Å². The van der Waals surface area contributed by atoms with E-state index in [1.807, 2.05) is 36.4 Å². The highest BCUT2D eigenvalue weighted by molar-refractivity contribution is 14.1. The van der Waals surface area contributed by atoms with Crippen LogP contribution in [0.25, 0.3) is 0 Å². The lowest BCUT2D eigenvalue weighted by molar-refractivity contribution is -0.141. The van der Waals surface area contributed by atoms with Gasteiger partial charge in [0.2, 0.25) is 0 Å². The maximum absolute atomic E-state index is 13.1. The number of hydrogen-bond acceptors (Lipinski definition) is 4. The minimum absolute atomic E-state index is 0.145. The Morgan fingerprint density at radius 2 is 1.67 bits per heavy atom. The zero-order valence-electron chi connectivity index (χ0n) is 17.4. The topological polar surface area (TPSA) is 59.0 Å². The molecule has 1 aliphatic heterocycles. The number of benzene rings is 2. The number of hydrogen-bond donors (Lipinski definition) is 0. The van der Waals surface area contributed by atoms with Crippen LogP contribution in [0.5, 0.6) is 5.75 Å². The molecule has 2 aromatic rings. The van der Waals surface area contributed by atoms with Crippen LogP contribution in [0.15, 0.2) is 53.7 Å². The number of fused-ring (bicyclic) bond motifs is 3. The Labute approximate surface area is 223 Å². The van der Waals surface area contributed by atoms with Crippen LogP contribution in [0.2, 0.25) is 5.02 Å². The first-order chi connectivity index (χ1) is 15.9. The summed E-state index contributed by atoms with van der Waals surface area (Å²) in [6.45, 7) is 0.372. The van der Waals surface area contributed by atoms with E-state index in [1.165, 1.54) is 0 Å². The molecule has 2 amide bonds. The van der Waals surface area contributed by atoms with Gasteiger partial charge in [0.25, 0.3) is 11.8 Å². The van der Waals surface area contributed by atoms with Crippen LogP contribution in [0, 0.1) is 36.2 Å². The van der Waals surface area contributed by atoms with Crippen LogP contribution in [-0.4, -0.2) is 23.0 Å². The fourth-order valence-corrected chi connectivity index (χ4v) is 8.18. The summed E-state index contributed by atoms with van der Waals surface area (Å²) in [5.41, 5.74) is 1.93. The normalized spacial score (nSPS) is 28.4. The minimum atomic E-state index is -0.229. The van der Waals surface area contributed by atoms with E-state index in [1.54, 1.807) is 6.21 Å². The number of hydrazone groups is 1. The number of rotatable bonds is 5. The van der Waals surface area contributed by atoms with Crippen molar-refractivity contribution in [1.82, 2.24) is 5.01 Å². The van der Waals surface area contributed by atoms with Crippen LogP contribution >= 0.6 is 56.8 Å². The molecule has 0 unspecified atom stereocenters. The molecule has 5 nitrogen and oxygen atoms in total. The Bertz CT molecular complexity index is 1200. The summed E-state index contributed by atoms with van der Waals surface area (Å²) in [6, 6.07) is 11.5. The van der Waals surface area contributed by atoms with Gasteiger partial charge in [-0.05, 0) is 99.0 Å². The van der Waals surface area contributed by atoms with E-state index in [0.717, 1.165) is 41.9 Å². The van der Waals surface area contributed by atoms with Crippen LogP contribution in [0.3, 0.4) is 0 Å². The monoisotopic (exact) mass is 684 g/mol. The van der Waals surface area contributed by atoms with E-state index in [0.29, 0.717) is 11.6 Å². The van der Waals surface area contributed by atoms with E-state index in [-0.39, 0.29) is 40.9 Å². The minimum Gasteiger partial charge on any atom is -0.487 e. The standard InChI is InChI=1S/C25H19ClI2N2O3/c26-17-4-2-1-3-14(17)12-33-22-18(27)9-13(10-19(22)28)11-29-30-23(31)20-15-5-6-16(21(20)24(30)32)25(15)7-8-25/h1-6,9-11,15-16,20-21H,7-8,12H2/b29-11-/t15-,16-,20-,21-/m1/s1. The molecule has 1 heterocycles. The third-order valence-corrected chi connectivity index (χ3v) is 9.47. The predicted molar refractivity (Wildman–Crippen MR) is 142 cm³/mol. The Morgan fingerprint density at radius 1 is 1.06 bits per heavy atom. The van der Waals surface area contributed by atoms with Gasteiger partial charge in [0.15, 0.2) is 0 Å². The second-order valence-electron chi connectivity index (χ2n) is 9.15. The Hall–Kier alpha value is -1.46. The molecule has 3 aliphatic carbocycles. The number of imide groups is 1.